The van der Waals surface area contributed by atoms with Crippen LogP contribution in [0.15, 0.2) is 66.7 Å². The van der Waals surface area contributed by atoms with Crippen molar-refractivity contribution in [1.29, 1.82) is 0 Å². The number of fused-ring (bicyclic) bond motifs is 1. The average molecular weight is 418 g/mol. The Morgan fingerprint density at radius 3 is 2.19 bits per heavy atom. The van der Waals surface area contributed by atoms with Gasteiger partial charge in [0.1, 0.15) is 5.54 Å². The van der Waals surface area contributed by atoms with Gasteiger partial charge in [-0.2, -0.15) is 0 Å². The molecule has 162 valence electrons. The predicted molar refractivity (Wildman–Crippen MR) is 126 cm³/mol. The predicted octanol–water partition coefficient (Wildman–Crippen LogP) is 6.18. The van der Waals surface area contributed by atoms with E-state index in [1.54, 1.807) is 0 Å². The monoisotopic (exact) mass is 417 g/mol. The molecule has 1 N–H and O–H groups in total. The third kappa shape index (κ3) is 4.96. The zero-order valence-corrected chi connectivity index (χ0v) is 18.9. The Bertz CT molecular complexity index is 1060. The van der Waals surface area contributed by atoms with Crippen molar-refractivity contribution in [1.82, 2.24) is 0 Å². The fourth-order valence-corrected chi connectivity index (χ4v) is 3.78. The smallest absolute Gasteiger partial charge is 0.332 e. The number of hydrogen-bond donors (Lipinski definition) is 1. The van der Waals surface area contributed by atoms with Crippen LogP contribution in [0.25, 0.3) is 10.8 Å². The van der Waals surface area contributed by atoms with Gasteiger partial charge in [0.2, 0.25) is 0 Å². The third-order valence-corrected chi connectivity index (χ3v) is 5.64. The minimum Gasteiger partial charge on any atom is -0.461 e. The largest absolute Gasteiger partial charge is 0.461 e. The summed E-state index contributed by atoms with van der Waals surface area (Å²) in [5.74, 6) is -0.684. The number of nitrogens with one attached hydrogen (secondary N) is 1. The first-order chi connectivity index (χ1) is 14.7. The normalized spacial score (nSPS) is 13.3. The standard InChI is InChI=1S/C27H31NO3/c1-18(2)27(26(30)31-19(3)4,28-22-15-13-20(5)14-16-22)17-25(29)24-12-8-10-21-9-6-7-11-23(21)24/h6-16,18-19,28H,17H2,1-5H3. The number of carbonyl (C=O) groups is 2. The number of ketones is 1. The van der Waals surface area contributed by atoms with E-state index < -0.39 is 11.5 Å². The van der Waals surface area contributed by atoms with Crippen LogP contribution in [0.5, 0.6) is 0 Å². The third-order valence-electron chi connectivity index (χ3n) is 5.64. The Labute approximate surface area is 184 Å². The molecule has 0 heterocycles. The van der Waals surface area contributed by atoms with E-state index in [1.807, 2.05) is 101 Å². The van der Waals surface area contributed by atoms with Gasteiger partial charge < -0.3 is 10.1 Å². The molecular formula is C27H31NO3. The van der Waals surface area contributed by atoms with Crippen LogP contribution in [-0.2, 0) is 9.53 Å². The van der Waals surface area contributed by atoms with Crippen LogP contribution < -0.4 is 5.32 Å². The zero-order valence-electron chi connectivity index (χ0n) is 18.9. The van der Waals surface area contributed by atoms with Crippen LogP contribution in [0.4, 0.5) is 5.69 Å². The summed E-state index contributed by atoms with van der Waals surface area (Å²) in [7, 11) is 0. The van der Waals surface area contributed by atoms with Crippen LogP contribution in [0.1, 0.15) is 50.0 Å². The topological polar surface area (TPSA) is 55.4 Å². The molecule has 3 rings (SSSR count). The van der Waals surface area contributed by atoms with Crippen LogP contribution in [-0.4, -0.2) is 23.4 Å². The van der Waals surface area contributed by atoms with Crippen LogP contribution in [0.3, 0.4) is 0 Å². The summed E-state index contributed by atoms with van der Waals surface area (Å²) < 4.78 is 5.64. The molecule has 1 atom stereocenters. The van der Waals surface area contributed by atoms with Gasteiger partial charge in [0.15, 0.2) is 5.78 Å². The van der Waals surface area contributed by atoms with Crippen molar-refractivity contribution < 1.29 is 14.3 Å². The fourth-order valence-electron chi connectivity index (χ4n) is 3.78. The number of anilines is 1. The first-order valence-electron chi connectivity index (χ1n) is 10.8. The average Bonchev–Trinajstić information content (AvgIpc) is 2.73. The molecule has 0 saturated carbocycles. The molecule has 0 aliphatic rings. The molecule has 3 aromatic carbocycles. The second kappa shape index (κ2) is 9.34. The highest BCUT2D eigenvalue weighted by molar-refractivity contribution is 6.10. The summed E-state index contributed by atoms with van der Waals surface area (Å²) in [5.41, 5.74) is 1.34. The summed E-state index contributed by atoms with van der Waals surface area (Å²) in [6.45, 7) is 9.54. The molecule has 1 unspecified atom stereocenters. The maximum Gasteiger partial charge on any atom is 0.332 e. The van der Waals surface area contributed by atoms with Crippen molar-refractivity contribution >= 4 is 28.2 Å². The van der Waals surface area contributed by atoms with Gasteiger partial charge in [-0.05, 0) is 49.6 Å². The lowest BCUT2D eigenvalue weighted by molar-refractivity contribution is -0.154. The molecular weight excluding hydrogens is 386 g/mol. The van der Waals surface area contributed by atoms with Crippen molar-refractivity contribution in [2.24, 2.45) is 5.92 Å². The Kier molecular flexibility index (Phi) is 6.79. The SMILES string of the molecule is Cc1ccc(NC(CC(=O)c2cccc3ccccc23)(C(=O)OC(C)C)C(C)C)cc1. The Morgan fingerprint density at radius 2 is 1.55 bits per heavy atom. The van der Waals surface area contributed by atoms with Gasteiger partial charge in [0, 0.05) is 17.7 Å². The van der Waals surface area contributed by atoms with Crippen molar-refractivity contribution in [3.8, 4) is 0 Å². The van der Waals surface area contributed by atoms with Gasteiger partial charge in [-0.3, -0.25) is 4.79 Å². The van der Waals surface area contributed by atoms with E-state index in [0.29, 0.717) is 5.56 Å². The first-order valence-corrected chi connectivity index (χ1v) is 10.8. The molecule has 0 aliphatic carbocycles. The summed E-state index contributed by atoms with van der Waals surface area (Å²) in [6, 6.07) is 21.3. The number of ether oxygens (including phenoxy) is 1. The summed E-state index contributed by atoms with van der Waals surface area (Å²) in [6.07, 6.45) is -0.281. The van der Waals surface area contributed by atoms with Crippen molar-refractivity contribution in [3.05, 3.63) is 77.9 Å². The Balaban J connectivity index is 2.04. The fraction of sp³-hybridized carbons (Fsp3) is 0.333. The van der Waals surface area contributed by atoms with Crippen LogP contribution >= 0.6 is 0 Å². The van der Waals surface area contributed by atoms with E-state index in [4.69, 9.17) is 4.74 Å². The molecule has 0 aromatic heterocycles. The van der Waals surface area contributed by atoms with Gasteiger partial charge in [-0.25, -0.2) is 4.79 Å². The second-order valence-electron chi connectivity index (χ2n) is 8.70. The van der Waals surface area contributed by atoms with Gasteiger partial charge in [-0.1, -0.05) is 74.0 Å². The number of esters is 1. The highest BCUT2D eigenvalue weighted by Gasteiger charge is 2.45. The second-order valence-corrected chi connectivity index (χ2v) is 8.70. The molecule has 0 saturated heterocycles. The maximum atomic E-state index is 13.6. The molecule has 0 bridgehead atoms. The van der Waals surface area contributed by atoms with Crippen LogP contribution in [0.2, 0.25) is 0 Å². The molecule has 0 aliphatic heterocycles. The number of hydrogen-bond acceptors (Lipinski definition) is 4. The van der Waals surface area contributed by atoms with Gasteiger partial charge in [0.25, 0.3) is 0 Å². The molecule has 0 fully saturated rings. The van der Waals surface area contributed by atoms with Crippen molar-refractivity contribution in [2.75, 3.05) is 5.32 Å². The number of aryl methyl sites for hydroxylation is 1. The quantitative estimate of drug-likeness (QED) is 0.351. The molecule has 31 heavy (non-hydrogen) atoms. The minimum absolute atomic E-state index is 0.00188. The van der Waals surface area contributed by atoms with E-state index in [-0.39, 0.29) is 24.2 Å². The molecule has 4 heteroatoms. The lowest BCUT2D eigenvalue weighted by atomic mass is 9.79. The minimum atomic E-state index is -1.19. The number of benzene rings is 3. The van der Waals surface area contributed by atoms with Gasteiger partial charge in [-0.15, -0.1) is 0 Å². The highest BCUT2D eigenvalue weighted by atomic mass is 16.5. The van der Waals surface area contributed by atoms with E-state index >= 15 is 0 Å². The van der Waals surface area contributed by atoms with E-state index in [9.17, 15) is 9.59 Å². The lowest BCUT2D eigenvalue weighted by Crippen LogP contribution is -2.54. The van der Waals surface area contributed by atoms with Crippen molar-refractivity contribution in [3.63, 3.8) is 0 Å². The van der Waals surface area contributed by atoms with E-state index in [1.165, 1.54) is 0 Å². The number of Topliss-reactive ketones (excluding diaryl/α,β-unsaturated/α-hetero) is 1. The summed E-state index contributed by atoms with van der Waals surface area (Å²) in [4.78, 5) is 26.9. The first kappa shape index (κ1) is 22.5. The molecule has 0 spiro atoms. The van der Waals surface area contributed by atoms with Crippen LogP contribution in [0, 0.1) is 12.8 Å². The maximum absolute atomic E-state index is 13.6. The Morgan fingerprint density at radius 1 is 0.903 bits per heavy atom. The lowest BCUT2D eigenvalue weighted by Gasteiger charge is -2.37. The zero-order chi connectivity index (χ0) is 22.6. The highest BCUT2D eigenvalue weighted by Crippen LogP contribution is 2.32. The van der Waals surface area contributed by atoms with Gasteiger partial charge in [0.05, 0.1) is 6.10 Å². The summed E-state index contributed by atoms with van der Waals surface area (Å²) in [5, 5.41) is 5.27. The number of carbonyl (C=O) groups excluding carboxylic acids is 2. The molecule has 4 nitrogen and oxygen atoms in total. The molecule has 0 radical (unpaired) electrons. The van der Waals surface area contributed by atoms with Crippen molar-refractivity contribution in [2.45, 2.75) is 52.7 Å². The van der Waals surface area contributed by atoms with Gasteiger partial charge >= 0.3 is 5.97 Å². The number of rotatable bonds is 8. The summed E-state index contributed by atoms with van der Waals surface area (Å²) >= 11 is 0. The molecule has 0 amide bonds. The molecule has 3 aromatic rings. The Hall–Kier alpha value is -3.14. The van der Waals surface area contributed by atoms with E-state index in [0.717, 1.165) is 22.0 Å². The van der Waals surface area contributed by atoms with E-state index in [2.05, 4.69) is 5.32 Å².